The Labute approximate surface area is 111 Å². The minimum absolute atomic E-state index is 0.0637. The maximum Gasteiger partial charge on any atom is 0.338 e. The third-order valence-electron chi connectivity index (χ3n) is 2.35. The van der Waals surface area contributed by atoms with Gasteiger partial charge < -0.3 is 14.6 Å². The van der Waals surface area contributed by atoms with E-state index in [4.69, 9.17) is 14.6 Å². The standard InChI is InChI=1S/C14H16O5/c1-2-18-8-3-4-9-19-14(17)12-7-5-6-11(10-12)13(15)16/h2,5-7,10H,1,3-4,8-9H2,(H,15,16). The number of carbonyl (C=O) groups is 2. The molecule has 0 fully saturated rings. The first kappa shape index (κ1) is 14.8. The van der Waals surface area contributed by atoms with Crippen molar-refractivity contribution in [2.45, 2.75) is 12.8 Å². The third kappa shape index (κ3) is 5.25. The number of hydrogen-bond donors (Lipinski definition) is 1. The molecule has 0 unspecified atom stereocenters. The van der Waals surface area contributed by atoms with Crippen molar-refractivity contribution in [3.05, 3.63) is 48.2 Å². The van der Waals surface area contributed by atoms with E-state index in [2.05, 4.69) is 6.58 Å². The molecule has 0 bridgehead atoms. The van der Waals surface area contributed by atoms with Crippen LogP contribution in [0.5, 0.6) is 0 Å². The fourth-order valence-corrected chi connectivity index (χ4v) is 1.40. The highest BCUT2D eigenvalue weighted by molar-refractivity contribution is 5.94. The molecular weight excluding hydrogens is 248 g/mol. The molecule has 0 atom stereocenters. The van der Waals surface area contributed by atoms with E-state index in [-0.39, 0.29) is 17.7 Å². The van der Waals surface area contributed by atoms with Gasteiger partial charge in [-0.05, 0) is 31.0 Å². The molecule has 19 heavy (non-hydrogen) atoms. The molecule has 102 valence electrons. The molecule has 1 N–H and O–H groups in total. The maximum absolute atomic E-state index is 11.6. The summed E-state index contributed by atoms with van der Waals surface area (Å²) in [7, 11) is 0. The van der Waals surface area contributed by atoms with Crippen molar-refractivity contribution in [2.24, 2.45) is 0 Å². The van der Waals surface area contributed by atoms with Gasteiger partial charge in [0.2, 0.25) is 0 Å². The van der Waals surface area contributed by atoms with Gasteiger partial charge in [0.1, 0.15) is 0 Å². The summed E-state index contributed by atoms with van der Waals surface area (Å²) >= 11 is 0. The molecule has 0 aliphatic heterocycles. The Morgan fingerprint density at radius 2 is 1.89 bits per heavy atom. The molecule has 0 aromatic heterocycles. The number of rotatable bonds is 8. The summed E-state index contributed by atoms with van der Waals surface area (Å²) in [5.74, 6) is -1.59. The quantitative estimate of drug-likeness (QED) is 0.443. The maximum atomic E-state index is 11.6. The zero-order valence-corrected chi connectivity index (χ0v) is 10.5. The van der Waals surface area contributed by atoms with Gasteiger partial charge in [-0.2, -0.15) is 0 Å². The summed E-state index contributed by atoms with van der Waals surface area (Å²) in [6.07, 6.45) is 2.80. The number of hydrogen-bond acceptors (Lipinski definition) is 4. The highest BCUT2D eigenvalue weighted by Crippen LogP contribution is 2.07. The molecule has 0 aliphatic carbocycles. The molecule has 1 rings (SSSR count). The Hall–Kier alpha value is -2.30. The van der Waals surface area contributed by atoms with Gasteiger partial charge in [-0.1, -0.05) is 12.6 Å². The van der Waals surface area contributed by atoms with Crippen LogP contribution < -0.4 is 0 Å². The van der Waals surface area contributed by atoms with Crippen LogP contribution in [0, 0.1) is 0 Å². The van der Waals surface area contributed by atoms with Crippen LogP contribution in [0.1, 0.15) is 33.6 Å². The number of carboxylic acids is 1. The molecule has 0 saturated heterocycles. The van der Waals surface area contributed by atoms with Crippen LogP contribution >= 0.6 is 0 Å². The van der Waals surface area contributed by atoms with Crippen molar-refractivity contribution in [1.82, 2.24) is 0 Å². The summed E-state index contributed by atoms with van der Waals surface area (Å²) in [6, 6.07) is 5.75. The smallest absolute Gasteiger partial charge is 0.338 e. The number of unbranched alkanes of at least 4 members (excludes halogenated alkanes) is 1. The lowest BCUT2D eigenvalue weighted by Crippen LogP contribution is -2.08. The SMILES string of the molecule is C=COCCCCOC(=O)c1cccc(C(=O)O)c1. The van der Waals surface area contributed by atoms with E-state index in [9.17, 15) is 9.59 Å². The number of ether oxygens (including phenoxy) is 2. The van der Waals surface area contributed by atoms with Crippen LogP contribution in [0.15, 0.2) is 37.1 Å². The molecule has 0 aliphatic rings. The Balaban J connectivity index is 2.39. The van der Waals surface area contributed by atoms with Gasteiger partial charge in [0.25, 0.3) is 0 Å². The second-order valence-corrected chi connectivity index (χ2v) is 3.77. The van der Waals surface area contributed by atoms with E-state index >= 15 is 0 Å². The molecule has 0 amide bonds. The zero-order chi connectivity index (χ0) is 14.1. The molecule has 0 heterocycles. The van der Waals surface area contributed by atoms with Crippen molar-refractivity contribution in [1.29, 1.82) is 0 Å². The molecular formula is C14H16O5. The fraction of sp³-hybridized carbons (Fsp3) is 0.286. The number of aromatic carboxylic acids is 1. The van der Waals surface area contributed by atoms with Gasteiger partial charge in [0.15, 0.2) is 0 Å². The summed E-state index contributed by atoms with van der Waals surface area (Å²) in [4.78, 5) is 22.4. The van der Waals surface area contributed by atoms with Crippen molar-refractivity contribution in [3.63, 3.8) is 0 Å². The van der Waals surface area contributed by atoms with E-state index < -0.39 is 11.9 Å². The van der Waals surface area contributed by atoms with E-state index in [0.29, 0.717) is 13.0 Å². The molecule has 5 heteroatoms. The predicted molar refractivity (Wildman–Crippen MR) is 69.1 cm³/mol. The number of carbonyl (C=O) groups excluding carboxylic acids is 1. The van der Waals surface area contributed by atoms with E-state index in [1.165, 1.54) is 30.5 Å². The first-order valence-corrected chi connectivity index (χ1v) is 5.88. The van der Waals surface area contributed by atoms with Crippen LogP contribution in [0.25, 0.3) is 0 Å². The number of carboxylic acid groups (broad SMARTS) is 1. The molecule has 1 aromatic carbocycles. The zero-order valence-electron chi connectivity index (χ0n) is 10.5. The average Bonchev–Trinajstić information content (AvgIpc) is 2.42. The Morgan fingerprint density at radius 1 is 1.21 bits per heavy atom. The topological polar surface area (TPSA) is 72.8 Å². The summed E-state index contributed by atoms with van der Waals surface area (Å²) in [5, 5.41) is 8.81. The second-order valence-electron chi connectivity index (χ2n) is 3.77. The van der Waals surface area contributed by atoms with Gasteiger partial charge in [0.05, 0.1) is 30.6 Å². The largest absolute Gasteiger partial charge is 0.502 e. The minimum atomic E-state index is -1.07. The van der Waals surface area contributed by atoms with Crippen molar-refractivity contribution in [2.75, 3.05) is 13.2 Å². The fourth-order valence-electron chi connectivity index (χ4n) is 1.40. The van der Waals surface area contributed by atoms with Crippen molar-refractivity contribution < 1.29 is 24.2 Å². The van der Waals surface area contributed by atoms with Crippen LogP contribution in [-0.4, -0.2) is 30.3 Å². The minimum Gasteiger partial charge on any atom is -0.502 e. The number of benzene rings is 1. The van der Waals surface area contributed by atoms with E-state index in [0.717, 1.165) is 6.42 Å². The van der Waals surface area contributed by atoms with Crippen LogP contribution in [0.2, 0.25) is 0 Å². The van der Waals surface area contributed by atoms with Gasteiger partial charge in [-0.3, -0.25) is 0 Å². The van der Waals surface area contributed by atoms with Crippen molar-refractivity contribution in [3.8, 4) is 0 Å². The molecule has 0 radical (unpaired) electrons. The van der Waals surface area contributed by atoms with Crippen molar-refractivity contribution >= 4 is 11.9 Å². The Bertz CT molecular complexity index is 453. The third-order valence-corrected chi connectivity index (χ3v) is 2.35. The normalized spacial score (nSPS) is 9.68. The first-order chi connectivity index (χ1) is 9.15. The van der Waals surface area contributed by atoms with E-state index in [1.54, 1.807) is 0 Å². The van der Waals surface area contributed by atoms with Crippen LogP contribution in [0.4, 0.5) is 0 Å². The number of esters is 1. The Morgan fingerprint density at radius 3 is 2.58 bits per heavy atom. The summed E-state index contributed by atoms with van der Waals surface area (Å²) in [5.41, 5.74) is 0.302. The van der Waals surface area contributed by atoms with Crippen LogP contribution in [-0.2, 0) is 9.47 Å². The van der Waals surface area contributed by atoms with Gasteiger partial charge in [0, 0.05) is 0 Å². The van der Waals surface area contributed by atoms with E-state index in [1.807, 2.05) is 0 Å². The second kappa shape index (κ2) is 7.92. The average molecular weight is 264 g/mol. The van der Waals surface area contributed by atoms with Crippen LogP contribution in [0.3, 0.4) is 0 Å². The highest BCUT2D eigenvalue weighted by Gasteiger charge is 2.10. The summed E-state index contributed by atoms with van der Waals surface area (Å²) in [6.45, 7) is 4.22. The monoisotopic (exact) mass is 264 g/mol. The highest BCUT2D eigenvalue weighted by atomic mass is 16.5. The lowest BCUT2D eigenvalue weighted by molar-refractivity contribution is 0.0492. The summed E-state index contributed by atoms with van der Waals surface area (Å²) < 4.78 is 9.96. The molecule has 0 spiro atoms. The first-order valence-electron chi connectivity index (χ1n) is 5.88. The predicted octanol–water partition coefficient (Wildman–Crippen LogP) is 2.48. The molecule has 1 aromatic rings. The van der Waals surface area contributed by atoms with Gasteiger partial charge in [-0.15, -0.1) is 0 Å². The molecule has 5 nitrogen and oxygen atoms in total. The lowest BCUT2D eigenvalue weighted by atomic mass is 10.1. The Kier molecular flexibility index (Phi) is 6.15. The molecule has 0 saturated carbocycles. The van der Waals surface area contributed by atoms with Gasteiger partial charge >= 0.3 is 11.9 Å². The van der Waals surface area contributed by atoms with Gasteiger partial charge in [-0.25, -0.2) is 9.59 Å². The lowest BCUT2D eigenvalue weighted by Gasteiger charge is -2.05.